The molecule has 1 amide bonds. The van der Waals surface area contributed by atoms with Gasteiger partial charge in [-0.3, -0.25) is 14.4 Å². The number of carbonyl (C=O) groups excluding carboxylic acids is 4. The Morgan fingerprint density at radius 1 is 1.12 bits per heavy atom. The molecule has 13 heteroatoms. The molecule has 1 aromatic carbocycles. The van der Waals surface area contributed by atoms with E-state index in [2.05, 4.69) is 10.6 Å². The highest BCUT2D eigenvalue weighted by atomic mass is 16.6. The SMILES string of the molecule is CCc1c2c(nc3ccc(O)cc13)-c1cc3c(c(=O)n1C2)COC(=O)[C@@]3(CC)OC(=O)C1CCC(C(=O)NC(CCCCNC)C(C)=O)O1. The van der Waals surface area contributed by atoms with Gasteiger partial charge < -0.3 is 34.5 Å². The molecule has 49 heavy (non-hydrogen) atoms. The van der Waals surface area contributed by atoms with E-state index in [1.54, 1.807) is 35.8 Å². The van der Waals surface area contributed by atoms with Crippen molar-refractivity contribution in [3.05, 3.63) is 56.9 Å². The number of benzene rings is 1. The number of amides is 1. The van der Waals surface area contributed by atoms with Crippen LogP contribution in [0.5, 0.6) is 5.75 Å². The number of aryl methyl sites for hydroxylation is 1. The second-order valence-electron chi connectivity index (χ2n) is 12.9. The van der Waals surface area contributed by atoms with E-state index in [4.69, 9.17) is 19.2 Å². The highest BCUT2D eigenvalue weighted by Crippen LogP contribution is 2.43. The van der Waals surface area contributed by atoms with E-state index in [1.807, 2.05) is 14.0 Å². The summed E-state index contributed by atoms with van der Waals surface area (Å²) in [5, 5.41) is 16.8. The third-order valence-corrected chi connectivity index (χ3v) is 9.94. The molecule has 5 heterocycles. The van der Waals surface area contributed by atoms with Crippen LogP contribution in [0.3, 0.4) is 0 Å². The number of ether oxygens (including phenoxy) is 3. The number of aromatic nitrogens is 2. The number of aromatic hydroxyl groups is 1. The van der Waals surface area contributed by atoms with E-state index in [9.17, 15) is 29.1 Å². The molecule has 0 aliphatic carbocycles. The van der Waals surface area contributed by atoms with Crippen LogP contribution in [0.4, 0.5) is 0 Å². The fourth-order valence-electron chi connectivity index (χ4n) is 7.24. The van der Waals surface area contributed by atoms with E-state index in [1.165, 1.54) is 6.92 Å². The number of Topliss-reactive ketones (excluding diaryl/α,β-unsaturated/α-hetero) is 1. The van der Waals surface area contributed by atoms with Crippen LogP contribution >= 0.6 is 0 Å². The lowest BCUT2D eigenvalue weighted by Crippen LogP contribution is -2.49. The molecule has 4 atom stereocenters. The summed E-state index contributed by atoms with van der Waals surface area (Å²) in [4.78, 5) is 71.3. The molecule has 0 saturated carbocycles. The van der Waals surface area contributed by atoms with Crippen LogP contribution in [0.1, 0.15) is 81.5 Å². The summed E-state index contributed by atoms with van der Waals surface area (Å²) in [6.45, 7) is 5.87. The summed E-state index contributed by atoms with van der Waals surface area (Å²) in [5.41, 5.74) is 1.69. The summed E-state index contributed by atoms with van der Waals surface area (Å²) in [7, 11) is 1.85. The molecule has 1 fully saturated rings. The van der Waals surface area contributed by atoms with Gasteiger partial charge >= 0.3 is 11.9 Å². The Labute approximate surface area is 283 Å². The van der Waals surface area contributed by atoms with Gasteiger partial charge in [0.15, 0.2) is 11.9 Å². The topological polar surface area (TPSA) is 175 Å². The number of rotatable bonds is 12. The number of unbranched alkanes of at least 4 members (excludes halogenated alkanes) is 1. The van der Waals surface area contributed by atoms with Crippen molar-refractivity contribution in [3.8, 4) is 17.1 Å². The van der Waals surface area contributed by atoms with Crippen LogP contribution < -0.4 is 16.2 Å². The van der Waals surface area contributed by atoms with Crippen molar-refractivity contribution in [2.75, 3.05) is 13.6 Å². The molecule has 3 aromatic rings. The van der Waals surface area contributed by atoms with Crippen LogP contribution in [-0.2, 0) is 58.6 Å². The van der Waals surface area contributed by atoms with Crippen molar-refractivity contribution in [1.29, 1.82) is 0 Å². The molecule has 6 rings (SSSR count). The quantitative estimate of drug-likeness (QED) is 0.149. The van der Waals surface area contributed by atoms with Gasteiger partial charge in [-0.05, 0) is 95.3 Å². The number of ketones is 1. The highest BCUT2D eigenvalue weighted by molar-refractivity contribution is 5.92. The maximum Gasteiger partial charge on any atom is 0.355 e. The molecule has 0 radical (unpaired) electrons. The molecule has 2 aromatic heterocycles. The first kappa shape index (κ1) is 34.3. The molecule has 260 valence electrons. The Balaban J connectivity index is 1.26. The summed E-state index contributed by atoms with van der Waals surface area (Å²) in [5.74, 6) is -2.18. The number of cyclic esters (lactones) is 1. The molecule has 3 aliphatic heterocycles. The first-order chi connectivity index (χ1) is 23.5. The first-order valence-electron chi connectivity index (χ1n) is 17.0. The number of fused-ring (bicyclic) bond motifs is 5. The predicted octanol–water partition coefficient (Wildman–Crippen LogP) is 2.91. The van der Waals surface area contributed by atoms with E-state index < -0.39 is 41.7 Å². The third-order valence-electron chi connectivity index (χ3n) is 9.94. The molecule has 13 nitrogen and oxygen atoms in total. The van der Waals surface area contributed by atoms with Crippen LogP contribution in [0, 0.1) is 0 Å². The number of phenolic OH excluding ortho intramolecular Hbond substituents is 1. The Hall–Kier alpha value is -4.62. The smallest absolute Gasteiger partial charge is 0.355 e. The lowest BCUT2D eigenvalue weighted by molar-refractivity contribution is -0.195. The molecular weight excluding hydrogens is 632 g/mol. The van der Waals surface area contributed by atoms with Crippen molar-refractivity contribution in [2.45, 2.75) is 103 Å². The van der Waals surface area contributed by atoms with Crippen molar-refractivity contribution < 1.29 is 38.5 Å². The Morgan fingerprint density at radius 2 is 1.90 bits per heavy atom. The average molecular weight is 675 g/mol. The van der Waals surface area contributed by atoms with Crippen LogP contribution in [0.2, 0.25) is 0 Å². The number of carbonyl (C=O) groups is 4. The van der Waals surface area contributed by atoms with Gasteiger partial charge in [0.05, 0.1) is 35.1 Å². The summed E-state index contributed by atoms with van der Waals surface area (Å²) in [6, 6.07) is 5.98. The summed E-state index contributed by atoms with van der Waals surface area (Å²) < 4.78 is 18.9. The Kier molecular flexibility index (Phi) is 9.58. The van der Waals surface area contributed by atoms with Crippen molar-refractivity contribution in [2.24, 2.45) is 0 Å². The fraction of sp³-hybridized carbons (Fsp3) is 0.500. The standard InChI is InChI=1S/C36H42N4O9/c1-5-21-22-15-20(42)10-11-27(22)38-31-23(21)17-40-28(31)16-25-24(33(40)44)18-47-35(46)36(25,6-2)49-34(45)30-13-12-29(48-30)32(43)39-26(19(3)41)9-7-8-14-37-4/h10-11,15-16,26,29-30,37,42H,5-9,12-14,17-18H2,1-4H3,(H,39,43)/t26?,29?,30?,36-/m0/s1. The highest BCUT2D eigenvalue weighted by Gasteiger charge is 2.52. The average Bonchev–Trinajstić information content (AvgIpc) is 3.72. The van der Waals surface area contributed by atoms with Gasteiger partial charge in [0.25, 0.3) is 5.56 Å². The summed E-state index contributed by atoms with van der Waals surface area (Å²) in [6.07, 6.45) is 0.985. The maximum absolute atomic E-state index is 14.0. The van der Waals surface area contributed by atoms with Gasteiger partial charge in [0.2, 0.25) is 11.5 Å². The Bertz CT molecular complexity index is 1900. The molecule has 3 aliphatic rings. The summed E-state index contributed by atoms with van der Waals surface area (Å²) >= 11 is 0. The minimum Gasteiger partial charge on any atom is -0.508 e. The van der Waals surface area contributed by atoms with Gasteiger partial charge in [-0.25, -0.2) is 14.6 Å². The fourth-order valence-corrected chi connectivity index (χ4v) is 7.24. The second-order valence-corrected chi connectivity index (χ2v) is 12.9. The zero-order valence-electron chi connectivity index (χ0n) is 28.2. The van der Waals surface area contributed by atoms with Crippen LogP contribution in [0.15, 0.2) is 29.1 Å². The third kappa shape index (κ3) is 6.10. The predicted molar refractivity (Wildman–Crippen MR) is 178 cm³/mol. The van der Waals surface area contributed by atoms with Crippen LogP contribution in [0.25, 0.3) is 22.3 Å². The van der Waals surface area contributed by atoms with Gasteiger partial charge in [-0.15, -0.1) is 0 Å². The molecule has 3 N–H and O–H groups in total. The van der Waals surface area contributed by atoms with Gasteiger partial charge in [-0.2, -0.15) is 0 Å². The van der Waals surface area contributed by atoms with E-state index in [0.717, 1.165) is 35.9 Å². The van der Waals surface area contributed by atoms with E-state index >= 15 is 0 Å². The monoisotopic (exact) mass is 674 g/mol. The van der Waals surface area contributed by atoms with Gasteiger partial charge in [-0.1, -0.05) is 13.8 Å². The maximum atomic E-state index is 14.0. The first-order valence-corrected chi connectivity index (χ1v) is 17.0. The number of nitrogens with one attached hydrogen (secondary N) is 2. The number of phenols is 1. The van der Waals surface area contributed by atoms with Crippen molar-refractivity contribution in [1.82, 2.24) is 20.2 Å². The van der Waals surface area contributed by atoms with Gasteiger partial charge in [0, 0.05) is 16.5 Å². The van der Waals surface area contributed by atoms with E-state index in [0.29, 0.717) is 29.7 Å². The van der Waals surface area contributed by atoms with Gasteiger partial charge in [0.1, 0.15) is 18.5 Å². The lowest BCUT2D eigenvalue weighted by Gasteiger charge is -2.36. The zero-order chi connectivity index (χ0) is 35.0. The second kappa shape index (κ2) is 13.7. The number of esters is 2. The van der Waals surface area contributed by atoms with E-state index in [-0.39, 0.29) is 60.6 Å². The minimum atomic E-state index is -1.92. The van der Waals surface area contributed by atoms with Crippen LogP contribution in [-0.4, -0.2) is 70.1 Å². The van der Waals surface area contributed by atoms with Crippen molar-refractivity contribution >= 4 is 34.5 Å². The normalized spacial score (nSPS) is 21.4. The van der Waals surface area contributed by atoms with Crippen molar-refractivity contribution in [3.63, 3.8) is 0 Å². The number of hydrogen-bond donors (Lipinski definition) is 3. The molecule has 0 bridgehead atoms. The minimum absolute atomic E-state index is 0.0184. The lowest BCUT2D eigenvalue weighted by atomic mass is 9.85. The molecule has 3 unspecified atom stereocenters. The number of hydrogen-bond acceptors (Lipinski definition) is 11. The Morgan fingerprint density at radius 3 is 2.61 bits per heavy atom. The molecular formula is C36H42N4O9. The number of nitrogens with zero attached hydrogens (tertiary/aromatic N) is 2. The molecule has 1 saturated heterocycles. The number of pyridine rings is 2. The molecule has 0 spiro atoms. The zero-order valence-corrected chi connectivity index (χ0v) is 28.2. The largest absolute Gasteiger partial charge is 0.508 e.